The molecule has 0 aliphatic carbocycles. The molecule has 0 aliphatic rings. The van der Waals surface area contributed by atoms with Crippen LogP contribution in [0, 0.1) is 0 Å². The van der Waals surface area contributed by atoms with Crippen molar-refractivity contribution in [2.75, 3.05) is 13.6 Å². The predicted octanol–water partition coefficient (Wildman–Crippen LogP) is 4.17. The fourth-order valence-electron chi connectivity index (χ4n) is 2.69. The molecule has 1 heterocycles. The first kappa shape index (κ1) is 20.7. The van der Waals surface area contributed by atoms with Crippen LogP contribution in [0.15, 0.2) is 75.6 Å². The lowest BCUT2D eigenvalue weighted by Gasteiger charge is -2.16. The van der Waals surface area contributed by atoms with Gasteiger partial charge in [0.25, 0.3) is 0 Å². The normalized spacial score (nSPS) is 10.4. The molecule has 1 aromatic heterocycles. The van der Waals surface area contributed by atoms with E-state index in [1.165, 1.54) is 4.90 Å². The van der Waals surface area contributed by atoms with Gasteiger partial charge in [0.1, 0.15) is 11.5 Å². The number of amides is 3. The zero-order chi connectivity index (χ0) is 20.6. The van der Waals surface area contributed by atoms with Gasteiger partial charge >= 0.3 is 6.03 Å². The maximum atomic E-state index is 12.3. The van der Waals surface area contributed by atoms with Crippen LogP contribution in [0.3, 0.4) is 0 Å². The number of carbonyl (C=O) groups is 2. The van der Waals surface area contributed by atoms with E-state index in [1.54, 1.807) is 7.05 Å². The molecule has 3 amide bonds. The molecule has 3 aromatic rings. The standard InChI is InChI=1S/C22H22BrN3O3/c1-26(15-19-11-12-20(29-19)17-7-9-18(23)10-8-17)21(27)14-25-22(28)24-13-16-5-3-2-4-6-16/h2-12H,13-15H2,1H3,(H2,24,25,28). The van der Waals surface area contributed by atoms with E-state index in [-0.39, 0.29) is 18.5 Å². The number of nitrogens with zero attached hydrogens (tertiary/aromatic N) is 1. The van der Waals surface area contributed by atoms with Crippen LogP contribution in [0.2, 0.25) is 0 Å². The Hall–Kier alpha value is -3.06. The first-order valence-electron chi connectivity index (χ1n) is 9.15. The number of carbonyl (C=O) groups excluding carboxylic acids is 2. The highest BCUT2D eigenvalue weighted by molar-refractivity contribution is 9.10. The van der Waals surface area contributed by atoms with Crippen LogP contribution < -0.4 is 10.6 Å². The summed E-state index contributed by atoms with van der Waals surface area (Å²) in [6.07, 6.45) is 0. The molecule has 6 nitrogen and oxygen atoms in total. The Kier molecular flexibility index (Phi) is 7.08. The molecule has 150 valence electrons. The Morgan fingerprint density at radius 1 is 0.966 bits per heavy atom. The van der Waals surface area contributed by atoms with Crippen molar-refractivity contribution in [1.82, 2.24) is 15.5 Å². The van der Waals surface area contributed by atoms with Crippen molar-refractivity contribution >= 4 is 27.9 Å². The average Bonchev–Trinajstić information content (AvgIpc) is 3.20. The summed E-state index contributed by atoms with van der Waals surface area (Å²) in [5.74, 6) is 1.21. The number of urea groups is 1. The van der Waals surface area contributed by atoms with Crippen LogP contribution in [0.5, 0.6) is 0 Å². The van der Waals surface area contributed by atoms with Crippen LogP contribution in [0.4, 0.5) is 4.79 Å². The fourth-order valence-corrected chi connectivity index (χ4v) is 2.95. The quantitative estimate of drug-likeness (QED) is 0.561. The summed E-state index contributed by atoms with van der Waals surface area (Å²) in [5.41, 5.74) is 1.95. The first-order valence-corrected chi connectivity index (χ1v) is 9.95. The van der Waals surface area contributed by atoms with Gasteiger partial charge in [0.05, 0.1) is 13.1 Å². The lowest BCUT2D eigenvalue weighted by Crippen LogP contribution is -2.42. The molecule has 2 aromatic carbocycles. The van der Waals surface area contributed by atoms with Gasteiger partial charge < -0.3 is 20.0 Å². The minimum Gasteiger partial charge on any atom is -0.459 e. The van der Waals surface area contributed by atoms with Gasteiger partial charge in [-0.2, -0.15) is 0 Å². The number of benzene rings is 2. The molecule has 0 spiro atoms. The summed E-state index contributed by atoms with van der Waals surface area (Å²) in [6, 6.07) is 20.7. The second kappa shape index (κ2) is 9.93. The molecule has 0 aliphatic heterocycles. The molecule has 0 unspecified atom stereocenters. The summed E-state index contributed by atoms with van der Waals surface area (Å²) in [6.45, 7) is 0.641. The van der Waals surface area contributed by atoms with Gasteiger partial charge in [-0.1, -0.05) is 58.4 Å². The summed E-state index contributed by atoms with van der Waals surface area (Å²) in [7, 11) is 1.67. The molecular weight excluding hydrogens is 434 g/mol. The zero-order valence-electron chi connectivity index (χ0n) is 16.0. The summed E-state index contributed by atoms with van der Waals surface area (Å²) in [5, 5.41) is 5.31. The molecule has 0 bridgehead atoms. The van der Waals surface area contributed by atoms with E-state index in [2.05, 4.69) is 26.6 Å². The van der Waals surface area contributed by atoms with Crippen LogP contribution in [-0.4, -0.2) is 30.4 Å². The van der Waals surface area contributed by atoms with Gasteiger partial charge in [-0.3, -0.25) is 4.79 Å². The van der Waals surface area contributed by atoms with Crippen molar-refractivity contribution in [3.05, 3.63) is 82.5 Å². The molecule has 2 N–H and O–H groups in total. The van der Waals surface area contributed by atoms with E-state index < -0.39 is 0 Å². The highest BCUT2D eigenvalue weighted by Gasteiger charge is 2.13. The number of hydrogen-bond acceptors (Lipinski definition) is 3. The van der Waals surface area contributed by atoms with Crippen LogP contribution >= 0.6 is 15.9 Å². The van der Waals surface area contributed by atoms with E-state index in [4.69, 9.17) is 4.42 Å². The second-order valence-corrected chi connectivity index (χ2v) is 7.46. The molecule has 3 rings (SSSR count). The number of furan rings is 1. The highest BCUT2D eigenvalue weighted by atomic mass is 79.9. The topological polar surface area (TPSA) is 74.6 Å². The number of nitrogens with one attached hydrogen (secondary N) is 2. The summed E-state index contributed by atoms with van der Waals surface area (Å²) < 4.78 is 6.83. The van der Waals surface area contributed by atoms with Crippen molar-refractivity contribution in [1.29, 1.82) is 0 Å². The van der Waals surface area contributed by atoms with Gasteiger partial charge in [0.2, 0.25) is 5.91 Å². The van der Waals surface area contributed by atoms with Crippen LogP contribution in [0.25, 0.3) is 11.3 Å². The average molecular weight is 456 g/mol. The number of likely N-dealkylation sites (N-methyl/N-ethyl adjacent to an activating group) is 1. The monoisotopic (exact) mass is 455 g/mol. The summed E-state index contributed by atoms with van der Waals surface area (Å²) >= 11 is 3.41. The minimum atomic E-state index is -0.383. The molecule has 0 atom stereocenters. The van der Waals surface area contributed by atoms with Crippen molar-refractivity contribution < 1.29 is 14.0 Å². The Morgan fingerprint density at radius 2 is 1.69 bits per heavy atom. The van der Waals surface area contributed by atoms with Gasteiger partial charge in [0.15, 0.2) is 0 Å². The van der Waals surface area contributed by atoms with Gasteiger partial charge in [-0.05, 0) is 29.8 Å². The maximum absolute atomic E-state index is 12.3. The third-order valence-electron chi connectivity index (χ3n) is 4.31. The third kappa shape index (κ3) is 6.22. The molecule has 0 saturated heterocycles. The van der Waals surface area contributed by atoms with E-state index in [0.717, 1.165) is 21.4 Å². The van der Waals surface area contributed by atoms with Gasteiger partial charge in [0, 0.05) is 23.6 Å². The number of rotatable bonds is 7. The number of halogens is 1. The first-order chi connectivity index (χ1) is 14.0. The molecular formula is C22H22BrN3O3. The third-order valence-corrected chi connectivity index (χ3v) is 4.83. The van der Waals surface area contributed by atoms with Crippen molar-refractivity contribution in [3.63, 3.8) is 0 Å². The van der Waals surface area contributed by atoms with Crippen LogP contribution in [0.1, 0.15) is 11.3 Å². The molecule has 29 heavy (non-hydrogen) atoms. The Balaban J connectivity index is 1.44. The predicted molar refractivity (Wildman–Crippen MR) is 115 cm³/mol. The van der Waals surface area contributed by atoms with Crippen molar-refractivity contribution in [2.45, 2.75) is 13.1 Å². The molecule has 7 heteroatoms. The van der Waals surface area contributed by atoms with E-state index in [9.17, 15) is 9.59 Å². The second-order valence-electron chi connectivity index (χ2n) is 6.54. The lowest BCUT2D eigenvalue weighted by atomic mass is 10.2. The Morgan fingerprint density at radius 3 is 2.41 bits per heavy atom. The number of hydrogen-bond donors (Lipinski definition) is 2. The SMILES string of the molecule is CN(Cc1ccc(-c2ccc(Br)cc2)o1)C(=O)CNC(=O)NCc1ccccc1. The van der Waals surface area contributed by atoms with Crippen molar-refractivity contribution in [3.8, 4) is 11.3 Å². The fraction of sp³-hybridized carbons (Fsp3) is 0.182. The zero-order valence-corrected chi connectivity index (χ0v) is 17.6. The minimum absolute atomic E-state index is 0.0859. The van der Waals surface area contributed by atoms with E-state index in [0.29, 0.717) is 18.8 Å². The van der Waals surface area contributed by atoms with Crippen LogP contribution in [-0.2, 0) is 17.9 Å². The molecule has 0 radical (unpaired) electrons. The van der Waals surface area contributed by atoms with Gasteiger partial charge in [-0.25, -0.2) is 4.79 Å². The Labute approximate surface area is 178 Å². The molecule has 0 saturated carbocycles. The molecule has 0 fully saturated rings. The van der Waals surface area contributed by atoms with E-state index in [1.807, 2.05) is 66.7 Å². The maximum Gasteiger partial charge on any atom is 0.315 e. The van der Waals surface area contributed by atoms with Crippen molar-refractivity contribution in [2.24, 2.45) is 0 Å². The summed E-state index contributed by atoms with van der Waals surface area (Å²) in [4.78, 5) is 25.7. The Bertz CT molecular complexity index is 955. The van der Waals surface area contributed by atoms with E-state index >= 15 is 0 Å². The van der Waals surface area contributed by atoms with Gasteiger partial charge in [-0.15, -0.1) is 0 Å². The largest absolute Gasteiger partial charge is 0.459 e. The smallest absolute Gasteiger partial charge is 0.315 e. The lowest BCUT2D eigenvalue weighted by molar-refractivity contribution is -0.129. The highest BCUT2D eigenvalue weighted by Crippen LogP contribution is 2.24.